The molecule has 0 saturated carbocycles. The van der Waals surface area contributed by atoms with Crippen LogP contribution in [0.3, 0.4) is 0 Å². The van der Waals surface area contributed by atoms with E-state index >= 15 is 0 Å². The Bertz CT molecular complexity index is 520. The van der Waals surface area contributed by atoms with E-state index in [1.165, 1.54) is 0 Å². The molecule has 0 saturated heterocycles. The maximum absolute atomic E-state index is 11.8. The van der Waals surface area contributed by atoms with E-state index in [4.69, 9.17) is 4.74 Å². The highest BCUT2D eigenvalue weighted by molar-refractivity contribution is 5.90. The van der Waals surface area contributed by atoms with Crippen molar-refractivity contribution in [3.8, 4) is 5.75 Å². The van der Waals surface area contributed by atoms with E-state index in [-0.39, 0.29) is 5.91 Å². The highest BCUT2D eigenvalue weighted by atomic mass is 16.5. The molecule has 2 aromatic rings. The summed E-state index contributed by atoms with van der Waals surface area (Å²) in [5.74, 6) is 0.861. The Morgan fingerprint density at radius 3 is 2.37 bits per heavy atom. The van der Waals surface area contributed by atoms with Crippen molar-refractivity contribution in [1.29, 1.82) is 0 Å². The lowest BCUT2D eigenvalue weighted by Gasteiger charge is -2.05. The molecule has 3 heteroatoms. The number of hydrogen-bond donors (Lipinski definition) is 1. The van der Waals surface area contributed by atoms with Gasteiger partial charge >= 0.3 is 0 Å². The van der Waals surface area contributed by atoms with Crippen LogP contribution in [0.15, 0.2) is 54.6 Å². The number of rotatable bonds is 5. The molecule has 2 aromatic carbocycles. The van der Waals surface area contributed by atoms with Gasteiger partial charge in [-0.3, -0.25) is 4.79 Å². The van der Waals surface area contributed by atoms with Crippen molar-refractivity contribution >= 4 is 11.6 Å². The van der Waals surface area contributed by atoms with E-state index in [0.29, 0.717) is 6.42 Å². The zero-order valence-corrected chi connectivity index (χ0v) is 10.9. The Balaban J connectivity index is 1.83. The van der Waals surface area contributed by atoms with Crippen molar-refractivity contribution in [2.75, 3.05) is 12.4 Å². The van der Waals surface area contributed by atoms with Gasteiger partial charge in [0, 0.05) is 12.1 Å². The summed E-state index contributed by atoms with van der Waals surface area (Å²) in [6.45, 7) is 0. The molecule has 0 spiro atoms. The number of para-hydroxylation sites is 1. The molecule has 98 valence electrons. The Morgan fingerprint density at radius 2 is 1.74 bits per heavy atom. The second-order valence-electron chi connectivity index (χ2n) is 4.26. The highest BCUT2D eigenvalue weighted by Crippen LogP contribution is 2.13. The first-order valence-corrected chi connectivity index (χ1v) is 6.26. The number of anilines is 1. The zero-order chi connectivity index (χ0) is 13.5. The van der Waals surface area contributed by atoms with E-state index in [1.54, 1.807) is 7.11 Å². The third-order valence-electron chi connectivity index (χ3n) is 2.86. The number of carbonyl (C=O) groups excluding carboxylic acids is 1. The van der Waals surface area contributed by atoms with Crippen LogP contribution in [-0.4, -0.2) is 13.0 Å². The van der Waals surface area contributed by atoms with Crippen LogP contribution in [0.5, 0.6) is 5.75 Å². The molecule has 0 fully saturated rings. The molecular weight excluding hydrogens is 238 g/mol. The van der Waals surface area contributed by atoms with Crippen LogP contribution in [0, 0.1) is 0 Å². The van der Waals surface area contributed by atoms with Crippen molar-refractivity contribution in [3.63, 3.8) is 0 Å². The Hall–Kier alpha value is -2.29. The van der Waals surface area contributed by atoms with Crippen molar-refractivity contribution in [2.45, 2.75) is 12.8 Å². The highest BCUT2D eigenvalue weighted by Gasteiger charge is 2.03. The molecule has 0 radical (unpaired) electrons. The predicted molar refractivity (Wildman–Crippen MR) is 76.4 cm³/mol. The van der Waals surface area contributed by atoms with Crippen LogP contribution < -0.4 is 10.1 Å². The van der Waals surface area contributed by atoms with Crippen LogP contribution in [0.25, 0.3) is 0 Å². The average molecular weight is 255 g/mol. The quantitative estimate of drug-likeness (QED) is 0.890. The van der Waals surface area contributed by atoms with E-state index in [2.05, 4.69) is 5.32 Å². The number of amides is 1. The SMILES string of the molecule is COc1ccc(CCC(=O)Nc2ccccc2)cc1. The molecule has 1 amide bonds. The first-order chi connectivity index (χ1) is 9.28. The van der Waals surface area contributed by atoms with Crippen molar-refractivity contribution in [1.82, 2.24) is 0 Å². The zero-order valence-electron chi connectivity index (χ0n) is 10.9. The predicted octanol–water partition coefficient (Wildman–Crippen LogP) is 3.27. The summed E-state index contributed by atoms with van der Waals surface area (Å²) in [6, 6.07) is 17.3. The molecule has 0 atom stereocenters. The first-order valence-electron chi connectivity index (χ1n) is 6.26. The second-order valence-corrected chi connectivity index (χ2v) is 4.26. The summed E-state index contributed by atoms with van der Waals surface area (Å²) in [4.78, 5) is 11.8. The van der Waals surface area contributed by atoms with Gasteiger partial charge in [0.25, 0.3) is 0 Å². The van der Waals surface area contributed by atoms with Crippen molar-refractivity contribution in [3.05, 3.63) is 60.2 Å². The van der Waals surface area contributed by atoms with Gasteiger partial charge < -0.3 is 10.1 Å². The lowest BCUT2D eigenvalue weighted by Crippen LogP contribution is -2.12. The largest absolute Gasteiger partial charge is 0.497 e. The standard InChI is InChI=1S/C16H17NO2/c1-19-15-10-7-13(8-11-15)9-12-16(18)17-14-5-3-2-4-6-14/h2-8,10-11H,9,12H2,1H3,(H,17,18). The number of hydrogen-bond acceptors (Lipinski definition) is 2. The van der Waals surface area contributed by atoms with Crippen LogP contribution in [-0.2, 0) is 11.2 Å². The summed E-state index contributed by atoms with van der Waals surface area (Å²) in [7, 11) is 1.64. The molecule has 0 aliphatic carbocycles. The Labute approximate surface area is 113 Å². The van der Waals surface area contributed by atoms with Gasteiger partial charge in [-0.15, -0.1) is 0 Å². The van der Waals surface area contributed by atoms with E-state index in [0.717, 1.165) is 23.4 Å². The van der Waals surface area contributed by atoms with E-state index < -0.39 is 0 Å². The number of ether oxygens (including phenoxy) is 1. The van der Waals surface area contributed by atoms with Gasteiger partial charge in [-0.25, -0.2) is 0 Å². The molecule has 3 nitrogen and oxygen atoms in total. The third-order valence-corrected chi connectivity index (χ3v) is 2.86. The van der Waals surface area contributed by atoms with Crippen LogP contribution >= 0.6 is 0 Å². The fraction of sp³-hybridized carbons (Fsp3) is 0.188. The minimum atomic E-state index is 0.0296. The summed E-state index contributed by atoms with van der Waals surface area (Å²) in [5.41, 5.74) is 1.96. The number of nitrogens with one attached hydrogen (secondary N) is 1. The molecule has 0 aliphatic rings. The fourth-order valence-corrected chi connectivity index (χ4v) is 1.80. The average Bonchev–Trinajstić information content (AvgIpc) is 2.47. The van der Waals surface area contributed by atoms with Gasteiger partial charge in [-0.05, 0) is 36.2 Å². The minimum Gasteiger partial charge on any atom is -0.497 e. The van der Waals surface area contributed by atoms with Gasteiger partial charge in [0.15, 0.2) is 0 Å². The lowest BCUT2D eigenvalue weighted by molar-refractivity contribution is -0.116. The molecule has 0 unspecified atom stereocenters. The van der Waals surface area contributed by atoms with Gasteiger partial charge in [0.2, 0.25) is 5.91 Å². The molecule has 0 aliphatic heterocycles. The van der Waals surface area contributed by atoms with Crippen LogP contribution in [0.1, 0.15) is 12.0 Å². The Kier molecular flexibility index (Phi) is 4.56. The van der Waals surface area contributed by atoms with Crippen molar-refractivity contribution < 1.29 is 9.53 Å². The molecule has 19 heavy (non-hydrogen) atoms. The second kappa shape index (κ2) is 6.59. The van der Waals surface area contributed by atoms with Crippen LogP contribution in [0.4, 0.5) is 5.69 Å². The topological polar surface area (TPSA) is 38.3 Å². The Morgan fingerprint density at radius 1 is 1.05 bits per heavy atom. The molecular formula is C16H17NO2. The van der Waals surface area contributed by atoms with Gasteiger partial charge in [0.1, 0.15) is 5.75 Å². The van der Waals surface area contributed by atoms with Gasteiger partial charge in [-0.2, -0.15) is 0 Å². The van der Waals surface area contributed by atoms with Gasteiger partial charge in [-0.1, -0.05) is 30.3 Å². The normalized spacial score (nSPS) is 9.95. The summed E-state index contributed by atoms with van der Waals surface area (Å²) in [5, 5.41) is 2.87. The molecule has 1 N–H and O–H groups in total. The maximum atomic E-state index is 11.8. The molecule has 0 bridgehead atoms. The summed E-state index contributed by atoms with van der Waals surface area (Å²) >= 11 is 0. The minimum absolute atomic E-state index is 0.0296. The molecule has 0 heterocycles. The van der Waals surface area contributed by atoms with E-state index in [1.807, 2.05) is 54.6 Å². The lowest BCUT2D eigenvalue weighted by atomic mass is 10.1. The third kappa shape index (κ3) is 4.14. The van der Waals surface area contributed by atoms with Crippen LogP contribution in [0.2, 0.25) is 0 Å². The number of aryl methyl sites for hydroxylation is 1. The van der Waals surface area contributed by atoms with Crippen molar-refractivity contribution in [2.24, 2.45) is 0 Å². The number of methoxy groups -OCH3 is 1. The van der Waals surface area contributed by atoms with E-state index in [9.17, 15) is 4.79 Å². The summed E-state index contributed by atoms with van der Waals surface area (Å²) < 4.78 is 5.09. The number of carbonyl (C=O) groups is 1. The molecule has 0 aromatic heterocycles. The summed E-state index contributed by atoms with van der Waals surface area (Å²) in [6.07, 6.45) is 1.20. The molecule has 2 rings (SSSR count). The monoisotopic (exact) mass is 255 g/mol. The smallest absolute Gasteiger partial charge is 0.224 e. The maximum Gasteiger partial charge on any atom is 0.224 e. The number of benzene rings is 2. The first kappa shape index (κ1) is 13.1. The fourth-order valence-electron chi connectivity index (χ4n) is 1.80. The van der Waals surface area contributed by atoms with Gasteiger partial charge in [0.05, 0.1) is 7.11 Å².